The van der Waals surface area contributed by atoms with Crippen LogP contribution in [0.15, 0.2) is 66.2 Å². The van der Waals surface area contributed by atoms with E-state index in [9.17, 15) is 24.6 Å². The number of hydrogen-bond acceptors (Lipinski definition) is 6. The van der Waals surface area contributed by atoms with Gasteiger partial charge in [0, 0.05) is 10.6 Å². The van der Waals surface area contributed by atoms with Gasteiger partial charge in [-0.15, -0.1) is 0 Å². The molecular formula is C24H17ClN2O6S. The van der Waals surface area contributed by atoms with Crippen molar-refractivity contribution in [2.24, 2.45) is 0 Å². The van der Waals surface area contributed by atoms with Crippen LogP contribution in [0.2, 0.25) is 5.02 Å². The molecule has 3 aromatic carbocycles. The van der Waals surface area contributed by atoms with Gasteiger partial charge in [-0.3, -0.25) is 19.0 Å². The summed E-state index contributed by atoms with van der Waals surface area (Å²) < 4.78 is 10.9. The standard InChI is InChI=1S/C24H17ClN2O6S/c25-17-5-1-13(2-6-17)12-33-21-8-4-14(15-3-7-20(28)18(10-15)24(31)32)9-16(21)11-19-22(29)26-34-27-23(19)30/h1-11,28H,12H2,(H,26,29)(H,27,30)(H,31,32). The first-order valence-electron chi connectivity index (χ1n) is 9.88. The number of aromatic carboxylic acids is 1. The fraction of sp³-hybridized carbons (Fsp3) is 0.0417. The molecule has 8 nitrogen and oxygen atoms in total. The van der Waals surface area contributed by atoms with Crippen LogP contribution in [0.1, 0.15) is 21.5 Å². The number of halogens is 1. The Balaban J connectivity index is 1.74. The first-order valence-corrected chi connectivity index (χ1v) is 11.1. The predicted molar refractivity (Wildman–Crippen MR) is 128 cm³/mol. The Hall–Kier alpha value is -3.95. The van der Waals surface area contributed by atoms with Gasteiger partial charge in [-0.1, -0.05) is 35.9 Å². The third-order valence-electron chi connectivity index (χ3n) is 4.95. The molecule has 1 fully saturated rings. The number of amides is 2. The molecule has 0 unspecified atom stereocenters. The maximum atomic E-state index is 12.2. The zero-order chi connectivity index (χ0) is 24.2. The van der Waals surface area contributed by atoms with Crippen LogP contribution in [-0.4, -0.2) is 28.0 Å². The molecule has 0 bridgehead atoms. The van der Waals surface area contributed by atoms with Gasteiger partial charge in [0.25, 0.3) is 11.8 Å². The van der Waals surface area contributed by atoms with Crippen LogP contribution >= 0.6 is 23.7 Å². The molecule has 34 heavy (non-hydrogen) atoms. The summed E-state index contributed by atoms with van der Waals surface area (Å²) in [6.45, 7) is 0.212. The van der Waals surface area contributed by atoms with Gasteiger partial charge in [0.05, 0.1) is 12.1 Å². The Morgan fingerprint density at radius 1 is 0.971 bits per heavy atom. The Labute approximate surface area is 203 Å². The van der Waals surface area contributed by atoms with E-state index in [2.05, 4.69) is 9.44 Å². The molecule has 1 aliphatic rings. The summed E-state index contributed by atoms with van der Waals surface area (Å²) >= 11 is 6.71. The quantitative estimate of drug-likeness (QED) is 0.229. The zero-order valence-electron chi connectivity index (χ0n) is 17.4. The highest BCUT2D eigenvalue weighted by Gasteiger charge is 2.24. The number of nitrogens with one attached hydrogen (secondary N) is 2. The molecule has 172 valence electrons. The Morgan fingerprint density at radius 3 is 2.29 bits per heavy atom. The van der Waals surface area contributed by atoms with Crippen molar-refractivity contribution < 1.29 is 29.3 Å². The number of phenols is 1. The summed E-state index contributed by atoms with van der Waals surface area (Å²) in [5, 5.41) is 19.7. The molecule has 4 rings (SSSR count). The minimum absolute atomic E-state index is 0.107. The molecule has 0 aromatic heterocycles. The molecular weight excluding hydrogens is 480 g/mol. The fourth-order valence-corrected chi connectivity index (χ4v) is 3.80. The minimum Gasteiger partial charge on any atom is -0.507 e. The van der Waals surface area contributed by atoms with E-state index in [1.165, 1.54) is 18.2 Å². The Morgan fingerprint density at radius 2 is 1.62 bits per heavy atom. The van der Waals surface area contributed by atoms with Gasteiger partial charge in [0.1, 0.15) is 29.2 Å². The lowest BCUT2D eigenvalue weighted by Crippen LogP contribution is -2.37. The number of aromatic hydroxyl groups is 1. The van der Waals surface area contributed by atoms with Crippen LogP contribution < -0.4 is 14.2 Å². The number of carboxylic acids is 1. The molecule has 0 saturated carbocycles. The van der Waals surface area contributed by atoms with Crippen molar-refractivity contribution >= 4 is 47.6 Å². The number of benzene rings is 3. The summed E-state index contributed by atoms with van der Waals surface area (Å²) in [5.41, 5.74) is 2.06. The van der Waals surface area contributed by atoms with Crippen molar-refractivity contribution in [1.82, 2.24) is 9.44 Å². The van der Waals surface area contributed by atoms with E-state index < -0.39 is 17.8 Å². The van der Waals surface area contributed by atoms with Crippen LogP contribution in [0.5, 0.6) is 11.5 Å². The van der Waals surface area contributed by atoms with Gasteiger partial charge >= 0.3 is 5.97 Å². The topological polar surface area (TPSA) is 125 Å². The smallest absolute Gasteiger partial charge is 0.339 e. The number of carbonyl (C=O) groups excluding carboxylic acids is 2. The summed E-state index contributed by atoms with van der Waals surface area (Å²) in [6, 6.07) is 16.4. The third-order valence-corrected chi connectivity index (χ3v) is 5.78. The second-order valence-corrected chi connectivity index (χ2v) is 8.28. The minimum atomic E-state index is -1.27. The molecule has 0 radical (unpaired) electrons. The molecule has 1 aliphatic heterocycles. The fourth-order valence-electron chi connectivity index (χ4n) is 3.22. The molecule has 0 spiro atoms. The van der Waals surface area contributed by atoms with E-state index in [0.29, 0.717) is 27.5 Å². The van der Waals surface area contributed by atoms with Crippen LogP contribution in [0.3, 0.4) is 0 Å². The van der Waals surface area contributed by atoms with Gasteiger partial charge in [0.15, 0.2) is 0 Å². The maximum absolute atomic E-state index is 12.2. The van der Waals surface area contributed by atoms with Crippen LogP contribution in [0, 0.1) is 0 Å². The molecule has 1 saturated heterocycles. The van der Waals surface area contributed by atoms with Crippen molar-refractivity contribution in [3.8, 4) is 22.6 Å². The highest BCUT2D eigenvalue weighted by molar-refractivity contribution is 7.96. The van der Waals surface area contributed by atoms with Crippen molar-refractivity contribution in [2.45, 2.75) is 6.61 Å². The highest BCUT2D eigenvalue weighted by Crippen LogP contribution is 2.32. The lowest BCUT2D eigenvalue weighted by atomic mass is 9.98. The highest BCUT2D eigenvalue weighted by atomic mass is 35.5. The molecule has 0 aliphatic carbocycles. The summed E-state index contributed by atoms with van der Waals surface area (Å²) in [4.78, 5) is 35.9. The van der Waals surface area contributed by atoms with E-state index in [-0.39, 0.29) is 23.5 Å². The molecule has 0 atom stereocenters. The number of rotatable bonds is 6. The lowest BCUT2D eigenvalue weighted by Gasteiger charge is -2.16. The molecule has 3 aromatic rings. The maximum Gasteiger partial charge on any atom is 0.339 e. The van der Waals surface area contributed by atoms with Crippen molar-refractivity contribution in [3.63, 3.8) is 0 Å². The van der Waals surface area contributed by atoms with Gasteiger partial charge in [0.2, 0.25) is 0 Å². The van der Waals surface area contributed by atoms with Crippen molar-refractivity contribution in [2.75, 3.05) is 0 Å². The lowest BCUT2D eigenvalue weighted by molar-refractivity contribution is -0.122. The van der Waals surface area contributed by atoms with Crippen LogP contribution in [0.25, 0.3) is 17.2 Å². The van der Waals surface area contributed by atoms with E-state index >= 15 is 0 Å². The third kappa shape index (κ3) is 5.16. The van der Waals surface area contributed by atoms with Crippen molar-refractivity contribution in [3.05, 3.63) is 87.9 Å². The molecule has 4 N–H and O–H groups in total. The average molecular weight is 497 g/mol. The average Bonchev–Trinajstić information content (AvgIpc) is 2.82. The number of ether oxygens (including phenoxy) is 1. The Kier molecular flexibility index (Phi) is 6.76. The SMILES string of the molecule is O=C1NSNC(=O)C1=Cc1cc(-c2ccc(O)c(C(=O)O)c2)ccc1OCc1ccc(Cl)cc1. The summed E-state index contributed by atoms with van der Waals surface area (Å²) in [5.74, 6) is -2.32. The van der Waals surface area contributed by atoms with Gasteiger partial charge in [-0.25, -0.2) is 4.79 Å². The van der Waals surface area contributed by atoms with E-state index in [1.54, 1.807) is 36.4 Å². The van der Waals surface area contributed by atoms with Gasteiger partial charge < -0.3 is 14.9 Å². The monoisotopic (exact) mass is 496 g/mol. The molecule has 10 heteroatoms. The number of hydrogen-bond donors (Lipinski definition) is 4. The van der Waals surface area contributed by atoms with Gasteiger partial charge in [-0.2, -0.15) is 0 Å². The second kappa shape index (κ2) is 9.90. The van der Waals surface area contributed by atoms with Crippen LogP contribution in [0.4, 0.5) is 0 Å². The second-order valence-electron chi connectivity index (χ2n) is 7.23. The van der Waals surface area contributed by atoms with E-state index in [0.717, 1.165) is 17.7 Å². The number of carboxylic acid groups (broad SMARTS) is 1. The van der Waals surface area contributed by atoms with E-state index in [1.807, 2.05) is 12.1 Å². The predicted octanol–water partition coefficient (Wildman–Crippen LogP) is 4.18. The molecule has 2 amide bonds. The summed E-state index contributed by atoms with van der Waals surface area (Å²) in [7, 11) is 0. The van der Waals surface area contributed by atoms with Crippen LogP contribution in [-0.2, 0) is 16.2 Å². The van der Waals surface area contributed by atoms with Crippen molar-refractivity contribution in [1.29, 1.82) is 0 Å². The summed E-state index contributed by atoms with van der Waals surface area (Å²) in [6.07, 6.45) is 1.41. The molecule has 1 heterocycles. The largest absolute Gasteiger partial charge is 0.507 e. The normalized spacial score (nSPS) is 13.1. The first kappa shape index (κ1) is 23.2. The zero-order valence-corrected chi connectivity index (χ0v) is 18.9. The number of carbonyl (C=O) groups is 3. The van der Waals surface area contributed by atoms with E-state index in [4.69, 9.17) is 16.3 Å². The van der Waals surface area contributed by atoms with Gasteiger partial charge in [-0.05, 0) is 59.2 Å². The Bertz CT molecular complexity index is 1310. The first-order chi connectivity index (χ1) is 16.3.